The molecule has 0 aliphatic heterocycles. The van der Waals surface area contributed by atoms with E-state index in [2.05, 4.69) is 15.9 Å². The SMILES string of the molecule is NC(c1cc(Br)c(Cl)s1)c1ccc(F)cc1F. The van der Waals surface area contributed by atoms with Crippen molar-refractivity contribution in [2.24, 2.45) is 5.73 Å². The predicted octanol–water partition coefficient (Wildman–Crippen LogP) is 4.49. The molecule has 2 aromatic rings. The molecule has 2 N–H and O–H groups in total. The largest absolute Gasteiger partial charge is 0.320 e. The van der Waals surface area contributed by atoms with Crippen molar-refractivity contribution in [2.75, 3.05) is 0 Å². The van der Waals surface area contributed by atoms with Crippen LogP contribution < -0.4 is 5.73 Å². The molecule has 90 valence electrons. The number of hydrogen-bond donors (Lipinski definition) is 1. The van der Waals surface area contributed by atoms with Gasteiger partial charge in [0, 0.05) is 21.0 Å². The Morgan fingerprint density at radius 1 is 1.29 bits per heavy atom. The van der Waals surface area contributed by atoms with E-state index in [1.165, 1.54) is 23.5 Å². The van der Waals surface area contributed by atoms with E-state index in [0.29, 0.717) is 9.21 Å². The highest BCUT2D eigenvalue weighted by Gasteiger charge is 2.17. The van der Waals surface area contributed by atoms with Crippen LogP contribution >= 0.6 is 38.9 Å². The lowest BCUT2D eigenvalue weighted by Gasteiger charge is -2.10. The maximum atomic E-state index is 13.5. The van der Waals surface area contributed by atoms with E-state index in [-0.39, 0.29) is 5.56 Å². The molecule has 0 fully saturated rings. The van der Waals surface area contributed by atoms with Crippen LogP contribution in [0.3, 0.4) is 0 Å². The van der Waals surface area contributed by atoms with E-state index in [4.69, 9.17) is 17.3 Å². The van der Waals surface area contributed by atoms with Gasteiger partial charge in [-0.25, -0.2) is 8.78 Å². The third-order valence-corrected chi connectivity index (χ3v) is 4.83. The lowest BCUT2D eigenvalue weighted by molar-refractivity contribution is 0.566. The van der Waals surface area contributed by atoms with Gasteiger partial charge < -0.3 is 5.73 Å². The van der Waals surface area contributed by atoms with Crippen LogP contribution in [0.2, 0.25) is 4.34 Å². The number of rotatable bonds is 2. The topological polar surface area (TPSA) is 26.0 Å². The molecule has 1 unspecified atom stereocenters. The monoisotopic (exact) mass is 337 g/mol. The lowest BCUT2D eigenvalue weighted by atomic mass is 10.1. The van der Waals surface area contributed by atoms with Gasteiger partial charge in [0.05, 0.1) is 6.04 Å². The molecule has 0 bridgehead atoms. The number of hydrogen-bond acceptors (Lipinski definition) is 2. The number of thiophene rings is 1. The van der Waals surface area contributed by atoms with Gasteiger partial charge in [-0.1, -0.05) is 17.7 Å². The van der Waals surface area contributed by atoms with Crippen molar-refractivity contribution in [1.82, 2.24) is 0 Å². The zero-order valence-electron chi connectivity index (χ0n) is 8.38. The number of nitrogens with two attached hydrogens (primary N) is 1. The normalized spacial score (nSPS) is 12.8. The molecule has 1 heterocycles. The standard InChI is InChI=1S/C11H7BrClF2NS/c12-7-4-9(17-11(7)13)10(16)6-2-1-5(14)3-8(6)15/h1-4,10H,16H2. The third kappa shape index (κ3) is 2.68. The Morgan fingerprint density at radius 2 is 2.00 bits per heavy atom. The van der Waals surface area contributed by atoms with E-state index in [1.807, 2.05) is 0 Å². The molecule has 0 saturated carbocycles. The molecule has 1 nitrogen and oxygen atoms in total. The van der Waals surface area contributed by atoms with Gasteiger partial charge in [0.1, 0.15) is 16.0 Å². The first-order chi connectivity index (χ1) is 7.99. The molecule has 0 aliphatic carbocycles. The van der Waals surface area contributed by atoms with E-state index in [9.17, 15) is 8.78 Å². The molecular formula is C11H7BrClF2NS. The molecule has 0 aliphatic rings. The van der Waals surface area contributed by atoms with Crippen molar-refractivity contribution in [2.45, 2.75) is 6.04 Å². The summed E-state index contributed by atoms with van der Waals surface area (Å²) in [6.07, 6.45) is 0. The first-order valence-corrected chi connectivity index (χ1v) is 6.63. The average molecular weight is 339 g/mol. The van der Waals surface area contributed by atoms with Crippen LogP contribution in [0.1, 0.15) is 16.5 Å². The second-order valence-electron chi connectivity index (χ2n) is 3.41. The van der Waals surface area contributed by atoms with Crippen LogP contribution in [0.4, 0.5) is 8.78 Å². The summed E-state index contributed by atoms with van der Waals surface area (Å²) in [4.78, 5) is 0.715. The van der Waals surface area contributed by atoms with Crippen LogP contribution in [-0.4, -0.2) is 0 Å². The second kappa shape index (κ2) is 5.02. The van der Waals surface area contributed by atoms with Gasteiger partial charge in [-0.15, -0.1) is 11.3 Å². The van der Waals surface area contributed by atoms with Crippen molar-refractivity contribution in [3.8, 4) is 0 Å². The summed E-state index contributed by atoms with van der Waals surface area (Å²) < 4.78 is 27.6. The zero-order chi connectivity index (χ0) is 12.6. The highest BCUT2D eigenvalue weighted by molar-refractivity contribution is 9.10. The van der Waals surface area contributed by atoms with Gasteiger partial charge in [-0.2, -0.15) is 0 Å². The Labute approximate surface area is 114 Å². The van der Waals surface area contributed by atoms with Crippen molar-refractivity contribution in [3.63, 3.8) is 0 Å². The molecule has 1 atom stereocenters. The molecule has 0 radical (unpaired) electrons. The highest BCUT2D eigenvalue weighted by atomic mass is 79.9. The molecule has 6 heteroatoms. The lowest BCUT2D eigenvalue weighted by Crippen LogP contribution is -2.12. The van der Waals surface area contributed by atoms with Crippen molar-refractivity contribution < 1.29 is 8.78 Å². The Morgan fingerprint density at radius 3 is 2.53 bits per heavy atom. The molecule has 1 aromatic heterocycles. The number of halogens is 4. The summed E-state index contributed by atoms with van der Waals surface area (Å²) in [7, 11) is 0. The summed E-state index contributed by atoms with van der Waals surface area (Å²) in [5.74, 6) is -1.28. The smallest absolute Gasteiger partial charge is 0.131 e. The van der Waals surface area contributed by atoms with Crippen LogP contribution in [0, 0.1) is 11.6 Å². The van der Waals surface area contributed by atoms with Gasteiger partial charge in [0.15, 0.2) is 0 Å². The molecule has 2 rings (SSSR count). The Balaban J connectivity index is 2.39. The minimum absolute atomic E-state index is 0.247. The first kappa shape index (κ1) is 13.0. The second-order valence-corrected chi connectivity index (χ2v) is 5.95. The first-order valence-electron chi connectivity index (χ1n) is 4.64. The molecule has 0 spiro atoms. The Bertz CT molecular complexity index is 539. The molecule has 0 amide bonds. The van der Waals surface area contributed by atoms with Crippen LogP contribution in [-0.2, 0) is 0 Å². The van der Waals surface area contributed by atoms with Crippen molar-refractivity contribution in [1.29, 1.82) is 0 Å². The van der Waals surface area contributed by atoms with E-state index < -0.39 is 17.7 Å². The van der Waals surface area contributed by atoms with E-state index >= 15 is 0 Å². The van der Waals surface area contributed by atoms with Crippen LogP contribution in [0.15, 0.2) is 28.7 Å². The van der Waals surface area contributed by atoms with E-state index in [1.54, 1.807) is 6.07 Å². The third-order valence-electron chi connectivity index (χ3n) is 2.27. The molecule has 17 heavy (non-hydrogen) atoms. The van der Waals surface area contributed by atoms with Gasteiger partial charge in [0.2, 0.25) is 0 Å². The van der Waals surface area contributed by atoms with Gasteiger partial charge >= 0.3 is 0 Å². The van der Waals surface area contributed by atoms with E-state index in [0.717, 1.165) is 10.5 Å². The van der Waals surface area contributed by atoms with Crippen molar-refractivity contribution in [3.05, 3.63) is 55.1 Å². The Hall–Kier alpha value is -0.490. The summed E-state index contributed by atoms with van der Waals surface area (Å²) >= 11 is 10.4. The minimum atomic E-state index is -0.654. The fraction of sp³-hybridized carbons (Fsp3) is 0.0909. The average Bonchev–Trinajstić information content (AvgIpc) is 2.58. The minimum Gasteiger partial charge on any atom is -0.320 e. The molecule has 1 aromatic carbocycles. The summed E-state index contributed by atoms with van der Waals surface area (Å²) in [6.45, 7) is 0. The van der Waals surface area contributed by atoms with Gasteiger partial charge in [-0.3, -0.25) is 0 Å². The van der Waals surface area contributed by atoms with Gasteiger partial charge in [0.25, 0.3) is 0 Å². The summed E-state index contributed by atoms with van der Waals surface area (Å²) in [6, 6.07) is 4.43. The molecule has 0 saturated heterocycles. The maximum absolute atomic E-state index is 13.5. The predicted molar refractivity (Wildman–Crippen MR) is 69.4 cm³/mol. The summed E-state index contributed by atoms with van der Waals surface area (Å²) in [5, 5.41) is 0. The fourth-order valence-electron chi connectivity index (χ4n) is 1.42. The Kier molecular flexibility index (Phi) is 3.82. The quantitative estimate of drug-likeness (QED) is 0.858. The fourth-order valence-corrected chi connectivity index (χ4v) is 3.18. The van der Waals surface area contributed by atoms with Crippen LogP contribution in [0.25, 0.3) is 0 Å². The number of benzene rings is 1. The zero-order valence-corrected chi connectivity index (χ0v) is 11.5. The van der Waals surface area contributed by atoms with Crippen LogP contribution in [0.5, 0.6) is 0 Å². The van der Waals surface area contributed by atoms with Crippen molar-refractivity contribution >= 4 is 38.9 Å². The molecular weight excluding hydrogens is 332 g/mol. The van der Waals surface area contributed by atoms with Gasteiger partial charge in [-0.05, 0) is 28.1 Å². The summed E-state index contributed by atoms with van der Waals surface area (Å²) in [5.41, 5.74) is 6.16. The maximum Gasteiger partial charge on any atom is 0.131 e. The highest BCUT2D eigenvalue weighted by Crippen LogP contribution is 2.36.